The van der Waals surface area contributed by atoms with E-state index >= 15 is 0 Å². The van der Waals surface area contributed by atoms with Crippen molar-refractivity contribution >= 4 is 5.91 Å². The minimum Gasteiger partial charge on any atom is -0.469 e. The van der Waals surface area contributed by atoms with Crippen LogP contribution in [0.25, 0.3) is 0 Å². The van der Waals surface area contributed by atoms with Crippen molar-refractivity contribution < 1.29 is 9.21 Å². The number of furan rings is 1. The first kappa shape index (κ1) is 16.4. The third-order valence-electron chi connectivity index (χ3n) is 5.45. The fraction of sp³-hybridized carbons (Fsp3) is 0.476. The first-order valence-electron chi connectivity index (χ1n) is 9.41. The summed E-state index contributed by atoms with van der Waals surface area (Å²) in [7, 11) is 0. The standard InChI is InChI=1S/C21H26N2O2/c24-21(19-13-18(19)20-9-6-12-25-20)22-14-16-7-2-3-8-17(16)15-23-10-4-1-5-11-23/h2-3,6-9,12,18-19H,1,4-5,10-11,13-15H2,(H,22,24). The fourth-order valence-corrected chi connectivity index (χ4v) is 3.86. The molecule has 2 aromatic rings. The molecular weight excluding hydrogens is 312 g/mol. The average molecular weight is 338 g/mol. The number of hydrogen-bond donors (Lipinski definition) is 1. The van der Waals surface area contributed by atoms with Crippen molar-refractivity contribution in [2.24, 2.45) is 5.92 Å². The Morgan fingerprint density at radius 2 is 1.88 bits per heavy atom. The van der Waals surface area contributed by atoms with Crippen molar-refractivity contribution in [2.75, 3.05) is 13.1 Å². The molecule has 1 aliphatic heterocycles. The number of nitrogens with zero attached hydrogens (tertiary/aromatic N) is 1. The normalized spacial score (nSPS) is 23.4. The summed E-state index contributed by atoms with van der Waals surface area (Å²) in [6, 6.07) is 12.3. The highest BCUT2D eigenvalue weighted by atomic mass is 16.3. The molecule has 2 atom stereocenters. The van der Waals surface area contributed by atoms with Gasteiger partial charge in [0.1, 0.15) is 5.76 Å². The summed E-state index contributed by atoms with van der Waals surface area (Å²) in [5, 5.41) is 3.13. The molecule has 4 heteroatoms. The lowest BCUT2D eigenvalue weighted by Crippen LogP contribution is -2.30. The molecule has 2 unspecified atom stereocenters. The molecule has 132 valence electrons. The van der Waals surface area contributed by atoms with Gasteiger partial charge in [0.15, 0.2) is 0 Å². The van der Waals surface area contributed by atoms with Gasteiger partial charge in [0.25, 0.3) is 0 Å². The minimum absolute atomic E-state index is 0.0698. The lowest BCUT2D eigenvalue weighted by Gasteiger charge is -2.27. The lowest BCUT2D eigenvalue weighted by molar-refractivity contribution is -0.122. The maximum absolute atomic E-state index is 12.4. The zero-order valence-corrected chi connectivity index (χ0v) is 14.6. The van der Waals surface area contributed by atoms with E-state index in [4.69, 9.17) is 4.42 Å². The van der Waals surface area contributed by atoms with E-state index in [2.05, 4.69) is 34.5 Å². The summed E-state index contributed by atoms with van der Waals surface area (Å²) in [6.07, 6.45) is 6.53. The Balaban J connectivity index is 1.33. The number of piperidine rings is 1. The summed E-state index contributed by atoms with van der Waals surface area (Å²) in [6.45, 7) is 3.98. The molecule has 1 N–H and O–H groups in total. The van der Waals surface area contributed by atoms with Gasteiger partial charge < -0.3 is 9.73 Å². The Morgan fingerprint density at radius 1 is 1.08 bits per heavy atom. The second kappa shape index (κ2) is 7.44. The summed E-state index contributed by atoms with van der Waals surface area (Å²) in [5.74, 6) is 1.42. The van der Waals surface area contributed by atoms with Crippen LogP contribution < -0.4 is 5.32 Å². The van der Waals surface area contributed by atoms with Crippen LogP contribution in [0.3, 0.4) is 0 Å². The maximum atomic E-state index is 12.4. The van der Waals surface area contributed by atoms with Crippen molar-refractivity contribution in [1.82, 2.24) is 10.2 Å². The van der Waals surface area contributed by atoms with E-state index in [1.807, 2.05) is 12.1 Å². The van der Waals surface area contributed by atoms with E-state index < -0.39 is 0 Å². The monoisotopic (exact) mass is 338 g/mol. The van der Waals surface area contributed by atoms with Crippen LogP contribution in [0.1, 0.15) is 48.5 Å². The van der Waals surface area contributed by atoms with E-state index in [0.717, 1.165) is 18.7 Å². The number of hydrogen-bond acceptors (Lipinski definition) is 3. The number of likely N-dealkylation sites (tertiary alicyclic amines) is 1. The van der Waals surface area contributed by atoms with Gasteiger partial charge in [-0.3, -0.25) is 9.69 Å². The van der Waals surface area contributed by atoms with Crippen molar-refractivity contribution in [1.29, 1.82) is 0 Å². The molecule has 2 heterocycles. The molecule has 1 aliphatic carbocycles. The summed E-state index contributed by atoms with van der Waals surface area (Å²) in [4.78, 5) is 14.9. The zero-order chi connectivity index (χ0) is 17.1. The van der Waals surface area contributed by atoms with Gasteiger partial charge in [-0.05, 0) is 55.6 Å². The molecule has 2 aliphatic rings. The number of carbonyl (C=O) groups excluding carboxylic acids is 1. The Labute approximate surface area is 149 Å². The molecule has 1 aromatic heterocycles. The molecule has 1 saturated heterocycles. The van der Waals surface area contributed by atoms with Gasteiger partial charge in [0.05, 0.1) is 6.26 Å². The van der Waals surface area contributed by atoms with Gasteiger partial charge in [-0.1, -0.05) is 30.7 Å². The minimum atomic E-state index is 0.0698. The largest absolute Gasteiger partial charge is 0.469 e. The van der Waals surface area contributed by atoms with E-state index in [1.54, 1.807) is 6.26 Å². The van der Waals surface area contributed by atoms with E-state index in [9.17, 15) is 4.79 Å². The van der Waals surface area contributed by atoms with Crippen molar-refractivity contribution in [3.63, 3.8) is 0 Å². The van der Waals surface area contributed by atoms with Crippen LogP contribution >= 0.6 is 0 Å². The van der Waals surface area contributed by atoms with Crippen LogP contribution in [0.15, 0.2) is 47.1 Å². The molecule has 0 radical (unpaired) electrons. The van der Waals surface area contributed by atoms with Crippen molar-refractivity contribution in [2.45, 2.75) is 44.7 Å². The number of nitrogens with one attached hydrogen (secondary N) is 1. The molecule has 2 fully saturated rings. The van der Waals surface area contributed by atoms with Crippen LogP contribution in [0, 0.1) is 5.92 Å². The zero-order valence-electron chi connectivity index (χ0n) is 14.6. The van der Waals surface area contributed by atoms with Crippen LogP contribution in [-0.2, 0) is 17.9 Å². The second-order valence-corrected chi connectivity index (χ2v) is 7.29. The van der Waals surface area contributed by atoms with E-state index in [-0.39, 0.29) is 17.7 Å². The maximum Gasteiger partial charge on any atom is 0.224 e. The SMILES string of the molecule is O=C(NCc1ccccc1CN1CCCCC1)C1CC1c1ccco1. The first-order chi connectivity index (χ1) is 12.3. The summed E-state index contributed by atoms with van der Waals surface area (Å²) >= 11 is 0. The molecule has 0 bridgehead atoms. The van der Waals surface area contributed by atoms with E-state index in [0.29, 0.717) is 6.54 Å². The Morgan fingerprint density at radius 3 is 2.64 bits per heavy atom. The number of amides is 1. The molecule has 1 saturated carbocycles. The van der Waals surface area contributed by atoms with Crippen molar-refractivity contribution in [3.8, 4) is 0 Å². The van der Waals surface area contributed by atoms with Gasteiger partial charge in [0.2, 0.25) is 5.91 Å². The van der Waals surface area contributed by atoms with Crippen LogP contribution in [0.2, 0.25) is 0 Å². The van der Waals surface area contributed by atoms with Crippen LogP contribution in [0.5, 0.6) is 0 Å². The quantitative estimate of drug-likeness (QED) is 0.874. The Kier molecular flexibility index (Phi) is 4.88. The smallest absolute Gasteiger partial charge is 0.224 e. The molecule has 4 rings (SSSR count). The third-order valence-corrected chi connectivity index (χ3v) is 5.45. The summed E-state index contributed by atoms with van der Waals surface area (Å²) < 4.78 is 5.42. The van der Waals surface area contributed by atoms with Gasteiger partial charge >= 0.3 is 0 Å². The topological polar surface area (TPSA) is 45.5 Å². The number of carbonyl (C=O) groups is 1. The van der Waals surface area contributed by atoms with Gasteiger partial charge in [0, 0.05) is 24.9 Å². The highest BCUT2D eigenvalue weighted by Gasteiger charge is 2.45. The molecule has 25 heavy (non-hydrogen) atoms. The van der Waals surface area contributed by atoms with Gasteiger partial charge in [-0.15, -0.1) is 0 Å². The Hall–Kier alpha value is -2.07. The highest BCUT2D eigenvalue weighted by Crippen LogP contribution is 2.47. The summed E-state index contributed by atoms with van der Waals surface area (Å²) in [5.41, 5.74) is 2.57. The molecule has 1 amide bonds. The average Bonchev–Trinajstić information content (AvgIpc) is 3.27. The first-order valence-corrected chi connectivity index (χ1v) is 9.41. The lowest BCUT2D eigenvalue weighted by atomic mass is 10.0. The molecule has 1 aromatic carbocycles. The Bertz CT molecular complexity index is 704. The fourth-order valence-electron chi connectivity index (χ4n) is 3.86. The molecule has 0 spiro atoms. The van der Waals surface area contributed by atoms with Gasteiger partial charge in [-0.2, -0.15) is 0 Å². The van der Waals surface area contributed by atoms with Crippen LogP contribution in [0.4, 0.5) is 0 Å². The number of benzene rings is 1. The van der Waals surface area contributed by atoms with Crippen LogP contribution in [-0.4, -0.2) is 23.9 Å². The third kappa shape index (κ3) is 3.96. The molecule has 4 nitrogen and oxygen atoms in total. The predicted molar refractivity (Wildman–Crippen MR) is 97.0 cm³/mol. The number of rotatable bonds is 6. The predicted octanol–water partition coefficient (Wildman–Crippen LogP) is 3.69. The molecular formula is C21H26N2O2. The second-order valence-electron chi connectivity index (χ2n) is 7.29. The van der Waals surface area contributed by atoms with Crippen molar-refractivity contribution in [3.05, 3.63) is 59.5 Å². The van der Waals surface area contributed by atoms with Gasteiger partial charge in [-0.25, -0.2) is 0 Å². The highest BCUT2D eigenvalue weighted by molar-refractivity contribution is 5.82. The van der Waals surface area contributed by atoms with E-state index in [1.165, 1.54) is 43.5 Å².